The van der Waals surface area contributed by atoms with Gasteiger partial charge >= 0.3 is 0 Å². The molecule has 0 fully saturated rings. The number of carbonyl (C=O) groups excluding carboxylic acids is 1. The maximum absolute atomic E-state index is 12.4. The number of hydrogen-bond acceptors (Lipinski definition) is 4. The van der Waals surface area contributed by atoms with Gasteiger partial charge in [0.2, 0.25) is 5.91 Å². The molecule has 7 heteroatoms. The van der Waals surface area contributed by atoms with E-state index in [1.807, 2.05) is 6.07 Å². The Morgan fingerprint density at radius 2 is 2.04 bits per heavy atom. The van der Waals surface area contributed by atoms with Gasteiger partial charge in [-0.1, -0.05) is 11.6 Å². The second kappa shape index (κ2) is 7.77. The van der Waals surface area contributed by atoms with Gasteiger partial charge in [-0.3, -0.25) is 9.59 Å². The molecule has 0 bridgehead atoms. The summed E-state index contributed by atoms with van der Waals surface area (Å²) in [6.07, 6.45) is 0. The third-order valence-corrected chi connectivity index (χ3v) is 3.68. The maximum Gasteiger partial charge on any atom is 0.269 e. The fourth-order valence-corrected chi connectivity index (χ4v) is 2.42. The fourth-order valence-electron chi connectivity index (χ4n) is 2.30. The van der Waals surface area contributed by atoms with E-state index in [4.69, 9.17) is 16.3 Å². The highest BCUT2D eigenvalue weighted by molar-refractivity contribution is 6.30. The molecule has 1 aromatic heterocycles. The topological polar surface area (TPSA) is 84.1 Å². The third-order valence-electron chi connectivity index (χ3n) is 3.43. The normalized spacial score (nSPS) is 10.2. The molecular formula is C17H16ClN3O3. The molecule has 0 radical (unpaired) electrons. The number of aromatic nitrogens is 1. The van der Waals surface area contributed by atoms with Crippen molar-refractivity contribution in [2.75, 3.05) is 12.4 Å². The highest BCUT2D eigenvalue weighted by Gasteiger charge is 2.15. The third kappa shape index (κ3) is 4.02. The first-order valence-corrected chi connectivity index (χ1v) is 7.51. The van der Waals surface area contributed by atoms with E-state index < -0.39 is 5.56 Å². The van der Waals surface area contributed by atoms with Crippen LogP contribution in [0.1, 0.15) is 16.8 Å². The molecule has 6 nitrogen and oxygen atoms in total. The summed E-state index contributed by atoms with van der Waals surface area (Å²) in [4.78, 5) is 24.6. The van der Waals surface area contributed by atoms with E-state index in [2.05, 4.69) is 5.32 Å². The van der Waals surface area contributed by atoms with Crippen LogP contribution in [0.15, 0.2) is 35.1 Å². The first-order chi connectivity index (χ1) is 11.5. The molecule has 0 saturated carbocycles. The zero-order chi connectivity index (χ0) is 17.7. The Labute approximate surface area is 144 Å². The van der Waals surface area contributed by atoms with Crippen molar-refractivity contribution < 1.29 is 9.53 Å². The molecular weight excluding hydrogens is 330 g/mol. The van der Waals surface area contributed by atoms with Crippen LogP contribution in [0.5, 0.6) is 0 Å². The molecule has 0 saturated heterocycles. The zero-order valence-electron chi connectivity index (χ0n) is 13.3. The summed E-state index contributed by atoms with van der Waals surface area (Å²) in [5.74, 6) is -0.370. The molecule has 2 aromatic rings. The molecule has 1 aromatic carbocycles. The number of halogens is 1. The van der Waals surface area contributed by atoms with Crippen molar-refractivity contribution in [2.24, 2.45) is 0 Å². The predicted molar refractivity (Wildman–Crippen MR) is 90.9 cm³/mol. The number of ether oxygens (including phenoxy) is 1. The van der Waals surface area contributed by atoms with Gasteiger partial charge in [-0.15, -0.1) is 0 Å². The van der Waals surface area contributed by atoms with Gasteiger partial charge < -0.3 is 14.6 Å². The van der Waals surface area contributed by atoms with Crippen LogP contribution in [0.4, 0.5) is 5.69 Å². The Balaban J connectivity index is 2.26. The highest BCUT2D eigenvalue weighted by atomic mass is 35.5. The molecule has 1 N–H and O–H groups in total. The number of hydrogen-bond donors (Lipinski definition) is 1. The number of nitrogens with one attached hydrogen (secondary N) is 1. The Hall–Kier alpha value is -2.62. The molecule has 124 valence electrons. The lowest BCUT2D eigenvalue weighted by molar-refractivity contribution is -0.116. The van der Waals surface area contributed by atoms with Gasteiger partial charge in [0.1, 0.15) is 18.2 Å². The number of nitrogens with zero attached hydrogens (tertiary/aromatic N) is 2. The van der Waals surface area contributed by atoms with Crippen molar-refractivity contribution in [2.45, 2.75) is 20.1 Å². The summed E-state index contributed by atoms with van der Waals surface area (Å²) in [5.41, 5.74) is 1.15. The fraction of sp³-hybridized carbons (Fsp3) is 0.235. The van der Waals surface area contributed by atoms with Gasteiger partial charge in [0.25, 0.3) is 5.56 Å². The summed E-state index contributed by atoms with van der Waals surface area (Å²) in [6, 6.07) is 10.2. The number of amides is 1. The number of aryl methyl sites for hydroxylation is 1. The Bertz CT molecular complexity index is 851. The van der Waals surface area contributed by atoms with Gasteiger partial charge in [-0.25, -0.2) is 0 Å². The lowest BCUT2D eigenvalue weighted by atomic mass is 10.1. The highest BCUT2D eigenvalue weighted by Crippen LogP contribution is 2.14. The van der Waals surface area contributed by atoms with Gasteiger partial charge in [-0.05, 0) is 37.3 Å². The number of nitriles is 1. The summed E-state index contributed by atoms with van der Waals surface area (Å²) < 4.78 is 6.27. The van der Waals surface area contributed by atoms with Gasteiger partial charge in [-0.2, -0.15) is 5.26 Å². The monoisotopic (exact) mass is 345 g/mol. The first kappa shape index (κ1) is 17.7. The van der Waals surface area contributed by atoms with Crippen molar-refractivity contribution >= 4 is 23.2 Å². The molecule has 1 heterocycles. The quantitative estimate of drug-likeness (QED) is 0.902. The smallest absolute Gasteiger partial charge is 0.269 e. The van der Waals surface area contributed by atoms with Gasteiger partial charge in [0.05, 0.1) is 6.61 Å². The van der Waals surface area contributed by atoms with Crippen LogP contribution < -0.4 is 10.9 Å². The molecule has 0 aliphatic heterocycles. The lowest BCUT2D eigenvalue weighted by Crippen LogP contribution is -2.31. The largest absolute Gasteiger partial charge is 0.380 e. The van der Waals surface area contributed by atoms with Crippen LogP contribution in [-0.4, -0.2) is 17.6 Å². The Morgan fingerprint density at radius 3 is 2.62 bits per heavy atom. The van der Waals surface area contributed by atoms with Crippen LogP contribution in [0.25, 0.3) is 0 Å². The van der Waals surface area contributed by atoms with Crippen molar-refractivity contribution in [1.29, 1.82) is 5.26 Å². The molecule has 0 unspecified atom stereocenters. The number of methoxy groups -OCH3 is 1. The lowest BCUT2D eigenvalue weighted by Gasteiger charge is -2.13. The SMILES string of the molecule is COCc1cc(C)n(CC(=O)Nc2ccc(Cl)cc2)c(=O)c1C#N. The van der Waals surface area contributed by atoms with E-state index in [9.17, 15) is 14.9 Å². The van der Waals surface area contributed by atoms with Crippen LogP contribution in [-0.2, 0) is 22.7 Å². The Morgan fingerprint density at radius 1 is 1.38 bits per heavy atom. The van der Waals surface area contributed by atoms with E-state index in [1.54, 1.807) is 37.3 Å². The van der Waals surface area contributed by atoms with Crippen LogP contribution in [0.3, 0.4) is 0 Å². The van der Waals surface area contributed by atoms with Crippen molar-refractivity contribution in [3.63, 3.8) is 0 Å². The molecule has 24 heavy (non-hydrogen) atoms. The van der Waals surface area contributed by atoms with Gasteiger partial charge in [0, 0.05) is 29.1 Å². The van der Waals surface area contributed by atoms with E-state index >= 15 is 0 Å². The van der Waals surface area contributed by atoms with Crippen molar-refractivity contribution in [3.05, 3.63) is 62.5 Å². The van der Waals surface area contributed by atoms with Gasteiger partial charge in [0.15, 0.2) is 0 Å². The molecule has 0 atom stereocenters. The number of benzene rings is 1. The van der Waals surface area contributed by atoms with E-state index in [0.717, 1.165) is 0 Å². The molecule has 0 aliphatic carbocycles. The predicted octanol–water partition coefficient (Wildman–Crippen LogP) is 2.47. The van der Waals surface area contributed by atoms with Crippen LogP contribution in [0, 0.1) is 18.3 Å². The average Bonchev–Trinajstić information content (AvgIpc) is 2.54. The summed E-state index contributed by atoms with van der Waals surface area (Å²) in [6.45, 7) is 1.68. The van der Waals surface area contributed by atoms with E-state index in [-0.39, 0.29) is 24.6 Å². The van der Waals surface area contributed by atoms with E-state index in [0.29, 0.717) is 22.0 Å². The standard InChI is InChI=1S/C17H16ClN3O3/c1-11-7-12(10-24-2)15(8-19)17(23)21(11)9-16(22)20-14-5-3-13(18)4-6-14/h3-7H,9-10H2,1-2H3,(H,20,22). The minimum absolute atomic E-state index is 0.0123. The zero-order valence-corrected chi connectivity index (χ0v) is 14.1. The number of carbonyl (C=O) groups is 1. The summed E-state index contributed by atoms with van der Waals surface area (Å²) in [5, 5.41) is 12.5. The Kier molecular flexibility index (Phi) is 5.74. The maximum atomic E-state index is 12.4. The molecule has 2 rings (SSSR count). The number of rotatable bonds is 5. The van der Waals surface area contributed by atoms with Crippen LogP contribution in [0.2, 0.25) is 5.02 Å². The van der Waals surface area contributed by atoms with Crippen molar-refractivity contribution in [1.82, 2.24) is 4.57 Å². The second-order valence-corrected chi connectivity index (χ2v) is 5.61. The minimum Gasteiger partial charge on any atom is -0.380 e. The van der Waals surface area contributed by atoms with Crippen LogP contribution >= 0.6 is 11.6 Å². The van der Waals surface area contributed by atoms with Crippen molar-refractivity contribution in [3.8, 4) is 6.07 Å². The first-order valence-electron chi connectivity index (χ1n) is 7.14. The molecule has 1 amide bonds. The number of pyridine rings is 1. The second-order valence-electron chi connectivity index (χ2n) is 5.18. The minimum atomic E-state index is -0.504. The summed E-state index contributed by atoms with van der Waals surface area (Å²) >= 11 is 5.79. The van der Waals surface area contributed by atoms with E-state index in [1.165, 1.54) is 11.7 Å². The summed E-state index contributed by atoms with van der Waals surface area (Å²) in [7, 11) is 1.49. The average molecular weight is 346 g/mol. The molecule has 0 aliphatic rings. The molecule has 0 spiro atoms. The number of anilines is 1.